The molecule has 0 fully saturated rings. The molecule has 2 heteroatoms. The van der Waals surface area contributed by atoms with Gasteiger partial charge in [0.2, 0.25) is 0 Å². The smallest absolute Gasteiger partial charge is 0.112 e. The van der Waals surface area contributed by atoms with Crippen LogP contribution >= 0.6 is 15.9 Å². The van der Waals surface area contributed by atoms with Crippen LogP contribution in [0, 0.1) is 6.92 Å². The van der Waals surface area contributed by atoms with Crippen molar-refractivity contribution in [2.45, 2.75) is 19.4 Å². The van der Waals surface area contributed by atoms with Gasteiger partial charge in [0, 0.05) is 4.47 Å². The van der Waals surface area contributed by atoms with Gasteiger partial charge < -0.3 is 5.11 Å². The number of aliphatic hydroxyl groups is 1. The summed E-state index contributed by atoms with van der Waals surface area (Å²) >= 11 is 3.40. The van der Waals surface area contributed by atoms with Crippen molar-refractivity contribution in [1.29, 1.82) is 0 Å². The Balaban J connectivity index is 2.49. The maximum absolute atomic E-state index is 10.7. The van der Waals surface area contributed by atoms with E-state index in [-0.39, 0.29) is 0 Å². The Hall–Kier alpha value is -1.12. The first-order valence-corrected chi connectivity index (χ1v) is 6.35. The van der Waals surface area contributed by atoms with Crippen LogP contribution in [0.5, 0.6) is 0 Å². The van der Waals surface area contributed by atoms with Gasteiger partial charge >= 0.3 is 0 Å². The van der Waals surface area contributed by atoms with Crippen LogP contribution in [0.3, 0.4) is 0 Å². The highest BCUT2D eigenvalue weighted by Crippen LogP contribution is 2.31. The summed E-state index contributed by atoms with van der Waals surface area (Å²) in [7, 11) is 0. The van der Waals surface area contributed by atoms with Crippen molar-refractivity contribution in [2.75, 3.05) is 0 Å². The van der Waals surface area contributed by atoms with E-state index < -0.39 is 5.60 Å². The minimum Gasteiger partial charge on any atom is -0.381 e. The maximum atomic E-state index is 10.7. The van der Waals surface area contributed by atoms with Gasteiger partial charge in [0.25, 0.3) is 0 Å². The van der Waals surface area contributed by atoms with E-state index in [1.165, 1.54) is 0 Å². The summed E-state index contributed by atoms with van der Waals surface area (Å²) in [5, 5.41) is 10.7. The normalized spacial score (nSPS) is 14.4. The summed E-state index contributed by atoms with van der Waals surface area (Å²) < 4.78 is 1.02. The van der Waals surface area contributed by atoms with Gasteiger partial charge in [-0.3, -0.25) is 0 Å². The third-order valence-corrected chi connectivity index (χ3v) is 3.60. The largest absolute Gasteiger partial charge is 0.381 e. The standard InChI is InChI=1S/C15H15BrO/c1-11-5-3-4-6-14(11)15(2,17)12-7-9-13(16)10-8-12/h3-10,17H,1-2H3. The molecule has 0 radical (unpaired) electrons. The fourth-order valence-corrected chi connectivity index (χ4v) is 2.31. The highest BCUT2D eigenvalue weighted by atomic mass is 79.9. The van der Waals surface area contributed by atoms with Crippen LogP contribution in [0.4, 0.5) is 0 Å². The van der Waals surface area contributed by atoms with Crippen LogP contribution in [0.1, 0.15) is 23.6 Å². The number of aryl methyl sites for hydroxylation is 1. The van der Waals surface area contributed by atoms with Crippen LogP contribution < -0.4 is 0 Å². The number of hydrogen-bond acceptors (Lipinski definition) is 1. The molecule has 1 atom stereocenters. The van der Waals surface area contributed by atoms with Crippen molar-refractivity contribution in [1.82, 2.24) is 0 Å². The first-order chi connectivity index (χ1) is 8.01. The molecule has 1 N–H and O–H groups in total. The van der Waals surface area contributed by atoms with E-state index >= 15 is 0 Å². The van der Waals surface area contributed by atoms with Crippen molar-refractivity contribution < 1.29 is 5.11 Å². The van der Waals surface area contributed by atoms with E-state index in [0.717, 1.165) is 21.2 Å². The molecule has 0 saturated heterocycles. The number of halogens is 1. The molecule has 0 saturated carbocycles. The van der Waals surface area contributed by atoms with Gasteiger partial charge in [0.15, 0.2) is 0 Å². The molecule has 1 nitrogen and oxygen atoms in total. The van der Waals surface area contributed by atoms with Crippen LogP contribution in [0.25, 0.3) is 0 Å². The molecular weight excluding hydrogens is 276 g/mol. The second kappa shape index (κ2) is 4.63. The first kappa shape index (κ1) is 12.3. The van der Waals surface area contributed by atoms with E-state index in [0.29, 0.717) is 0 Å². The van der Waals surface area contributed by atoms with E-state index in [1.807, 2.05) is 62.4 Å². The van der Waals surface area contributed by atoms with E-state index in [4.69, 9.17) is 0 Å². The molecule has 1 unspecified atom stereocenters. The lowest BCUT2D eigenvalue weighted by Crippen LogP contribution is -2.23. The molecule has 17 heavy (non-hydrogen) atoms. The Labute approximate surface area is 110 Å². The van der Waals surface area contributed by atoms with E-state index in [9.17, 15) is 5.11 Å². The average molecular weight is 291 g/mol. The fourth-order valence-electron chi connectivity index (χ4n) is 2.05. The summed E-state index contributed by atoms with van der Waals surface area (Å²) in [5.41, 5.74) is 1.99. The highest BCUT2D eigenvalue weighted by molar-refractivity contribution is 9.10. The molecule has 0 heterocycles. The van der Waals surface area contributed by atoms with Gasteiger partial charge in [-0.2, -0.15) is 0 Å². The van der Waals surface area contributed by atoms with Gasteiger partial charge in [-0.05, 0) is 42.7 Å². The molecule has 2 rings (SSSR count). The monoisotopic (exact) mass is 290 g/mol. The predicted octanol–water partition coefficient (Wildman–Crippen LogP) is 4.01. The molecule has 0 aliphatic rings. The second-order valence-electron chi connectivity index (χ2n) is 4.39. The zero-order chi connectivity index (χ0) is 12.5. The summed E-state index contributed by atoms with van der Waals surface area (Å²) in [6.07, 6.45) is 0. The molecular formula is C15H15BrO. The Morgan fingerprint density at radius 1 is 1.00 bits per heavy atom. The molecule has 0 spiro atoms. The molecule has 88 valence electrons. The minimum absolute atomic E-state index is 0.898. The SMILES string of the molecule is Cc1ccccc1C(C)(O)c1ccc(Br)cc1. The Morgan fingerprint density at radius 2 is 1.59 bits per heavy atom. The number of rotatable bonds is 2. The second-order valence-corrected chi connectivity index (χ2v) is 5.31. The third kappa shape index (κ3) is 2.43. The summed E-state index contributed by atoms with van der Waals surface area (Å²) in [6, 6.07) is 15.7. The van der Waals surface area contributed by atoms with Crippen molar-refractivity contribution >= 4 is 15.9 Å². The molecule has 2 aromatic carbocycles. The first-order valence-electron chi connectivity index (χ1n) is 5.56. The van der Waals surface area contributed by atoms with Gasteiger partial charge in [-0.15, -0.1) is 0 Å². The zero-order valence-corrected chi connectivity index (χ0v) is 11.5. The molecule has 0 amide bonds. The lowest BCUT2D eigenvalue weighted by molar-refractivity contribution is 0.101. The number of benzene rings is 2. The summed E-state index contributed by atoms with van der Waals surface area (Å²) in [4.78, 5) is 0. The van der Waals surface area contributed by atoms with Crippen LogP contribution in [0.15, 0.2) is 53.0 Å². The molecule has 2 aromatic rings. The highest BCUT2D eigenvalue weighted by Gasteiger charge is 2.26. The fraction of sp³-hybridized carbons (Fsp3) is 0.200. The third-order valence-electron chi connectivity index (χ3n) is 3.08. The minimum atomic E-state index is -0.952. The van der Waals surface area contributed by atoms with Crippen LogP contribution in [-0.2, 0) is 5.60 Å². The lowest BCUT2D eigenvalue weighted by atomic mass is 9.86. The predicted molar refractivity (Wildman–Crippen MR) is 74.0 cm³/mol. The van der Waals surface area contributed by atoms with Gasteiger partial charge in [-0.25, -0.2) is 0 Å². The maximum Gasteiger partial charge on any atom is 0.112 e. The molecule has 0 aliphatic carbocycles. The van der Waals surface area contributed by atoms with Gasteiger partial charge in [0.05, 0.1) is 0 Å². The van der Waals surface area contributed by atoms with Crippen LogP contribution in [-0.4, -0.2) is 5.11 Å². The van der Waals surface area contributed by atoms with Crippen molar-refractivity contribution in [2.24, 2.45) is 0 Å². The van der Waals surface area contributed by atoms with Crippen LogP contribution in [0.2, 0.25) is 0 Å². The Bertz CT molecular complexity index is 515. The van der Waals surface area contributed by atoms with Gasteiger partial charge in [0.1, 0.15) is 5.60 Å². The molecule has 0 bridgehead atoms. The van der Waals surface area contributed by atoms with E-state index in [2.05, 4.69) is 15.9 Å². The Morgan fingerprint density at radius 3 is 2.18 bits per heavy atom. The summed E-state index contributed by atoms with van der Waals surface area (Å²) in [6.45, 7) is 3.85. The topological polar surface area (TPSA) is 20.2 Å². The summed E-state index contributed by atoms with van der Waals surface area (Å²) in [5.74, 6) is 0. The molecule has 0 aliphatic heterocycles. The zero-order valence-electron chi connectivity index (χ0n) is 9.94. The Kier molecular flexibility index (Phi) is 3.36. The quantitative estimate of drug-likeness (QED) is 0.886. The lowest BCUT2D eigenvalue weighted by Gasteiger charge is -2.26. The van der Waals surface area contributed by atoms with Crippen molar-refractivity contribution in [3.05, 3.63) is 69.7 Å². The van der Waals surface area contributed by atoms with Gasteiger partial charge in [-0.1, -0.05) is 52.3 Å². The molecule has 0 aromatic heterocycles. The van der Waals surface area contributed by atoms with Crippen molar-refractivity contribution in [3.8, 4) is 0 Å². The van der Waals surface area contributed by atoms with E-state index in [1.54, 1.807) is 0 Å². The number of hydrogen-bond donors (Lipinski definition) is 1. The van der Waals surface area contributed by atoms with Crippen molar-refractivity contribution in [3.63, 3.8) is 0 Å². The average Bonchev–Trinajstić information content (AvgIpc) is 2.30.